The molecule has 0 radical (unpaired) electrons. The fourth-order valence-electron chi connectivity index (χ4n) is 5.72. The summed E-state index contributed by atoms with van der Waals surface area (Å²) in [6.07, 6.45) is 7.95. The molecule has 0 heteroatoms. The summed E-state index contributed by atoms with van der Waals surface area (Å²) in [6, 6.07) is 17.9. The molecule has 33 heavy (non-hydrogen) atoms. The highest BCUT2D eigenvalue weighted by atomic mass is 14.4. The van der Waals surface area contributed by atoms with Crippen molar-refractivity contribution in [1.29, 1.82) is 0 Å². The van der Waals surface area contributed by atoms with Crippen molar-refractivity contribution in [2.24, 2.45) is 5.92 Å². The highest BCUT2D eigenvalue weighted by Crippen LogP contribution is 2.55. The topological polar surface area (TPSA) is 0 Å². The van der Waals surface area contributed by atoms with E-state index in [-0.39, 0.29) is 0 Å². The molecule has 0 spiro atoms. The van der Waals surface area contributed by atoms with Gasteiger partial charge in [0, 0.05) is 11.8 Å². The highest BCUT2D eigenvalue weighted by Gasteiger charge is 2.41. The zero-order chi connectivity index (χ0) is 23.7. The molecule has 0 N–H and O–H groups in total. The van der Waals surface area contributed by atoms with Gasteiger partial charge in [0.15, 0.2) is 0 Å². The standard InChI is InChI=1S/C33H38/c1-8-11-23(5)31-24(6)18-29-20-28(19-26-14-16-27(17-15-26)21(2)3)25(7)32(29)33(31)30-13-10-9-12-22(30)4/h9-10,12-19,21,32-33H,5,7-8,11,20H2,1-4,6H3. The molecule has 1 fully saturated rings. The van der Waals surface area contributed by atoms with Crippen LogP contribution in [0, 0.1) is 12.8 Å². The van der Waals surface area contributed by atoms with Crippen molar-refractivity contribution in [2.45, 2.75) is 65.7 Å². The van der Waals surface area contributed by atoms with E-state index in [0.717, 1.165) is 19.3 Å². The second kappa shape index (κ2) is 9.56. The maximum Gasteiger partial charge on any atom is 0.0203 e. The van der Waals surface area contributed by atoms with E-state index in [1.54, 1.807) is 0 Å². The molecular formula is C33H38. The van der Waals surface area contributed by atoms with E-state index >= 15 is 0 Å². The van der Waals surface area contributed by atoms with E-state index in [1.807, 2.05) is 0 Å². The lowest BCUT2D eigenvalue weighted by Crippen LogP contribution is -2.21. The molecule has 0 aliphatic heterocycles. The fraction of sp³-hybridized carbons (Fsp3) is 0.333. The third kappa shape index (κ3) is 4.49. The predicted octanol–water partition coefficient (Wildman–Crippen LogP) is 9.47. The van der Waals surface area contributed by atoms with Crippen LogP contribution in [0.4, 0.5) is 0 Å². The first-order valence-electron chi connectivity index (χ1n) is 12.5. The molecule has 2 aliphatic rings. The van der Waals surface area contributed by atoms with Gasteiger partial charge < -0.3 is 0 Å². The lowest BCUT2D eigenvalue weighted by molar-refractivity contribution is 0.616. The maximum absolute atomic E-state index is 4.67. The molecule has 2 aromatic carbocycles. The molecular weight excluding hydrogens is 396 g/mol. The van der Waals surface area contributed by atoms with Crippen LogP contribution in [-0.2, 0) is 0 Å². The van der Waals surface area contributed by atoms with Gasteiger partial charge in [0.25, 0.3) is 0 Å². The third-order valence-electron chi connectivity index (χ3n) is 7.45. The molecule has 0 saturated heterocycles. The lowest BCUT2D eigenvalue weighted by atomic mass is 9.68. The maximum atomic E-state index is 4.67. The number of hydrogen-bond donors (Lipinski definition) is 0. The van der Waals surface area contributed by atoms with Crippen LogP contribution >= 0.6 is 0 Å². The molecule has 2 atom stereocenters. The summed E-state index contributed by atoms with van der Waals surface area (Å²) in [4.78, 5) is 0. The Morgan fingerprint density at radius 2 is 1.73 bits per heavy atom. The average Bonchev–Trinajstić information content (AvgIpc) is 3.08. The minimum atomic E-state index is 0.298. The zero-order valence-electron chi connectivity index (χ0n) is 21.0. The summed E-state index contributed by atoms with van der Waals surface area (Å²) in [7, 11) is 0. The van der Waals surface area contributed by atoms with Crippen molar-refractivity contribution in [3.8, 4) is 0 Å². The number of fused-ring (bicyclic) bond motifs is 1. The fourth-order valence-corrected chi connectivity index (χ4v) is 5.72. The van der Waals surface area contributed by atoms with E-state index in [1.165, 1.54) is 55.7 Å². The van der Waals surface area contributed by atoms with Crippen molar-refractivity contribution >= 4 is 6.08 Å². The van der Waals surface area contributed by atoms with Gasteiger partial charge in [-0.3, -0.25) is 0 Å². The first-order valence-corrected chi connectivity index (χ1v) is 12.5. The van der Waals surface area contributed by atoms with Gasteiger partial charge in [-0.15, -0.1) is 0 Å². The average molecular weight is 435 g/mol. The smallest absolute Gasteiger partial charge is 0.0203 e. The van der Waals surface area contributed by atoms with Gasteiger partial charge in [-0.05, 0) is 77.2 Å². The number of allylic oxidation sites excluding steroid dienone is 7. The van der Waals surface area contributed by atoms with Gasteiger partial charge >= 0.3 is 0 Å². The summed E-state index contributed by atoms with van der Waals surface area (Å²) < 4.78 is 0. The van der Waals surface area contributed by atoms with E-state index < -0.39 is 0 Å². The Hall–Kier alpha value is -2.86. The predicted molar refractivity (Wildman–Crippen MR) is 145 cm³/mol. The van der Waals surface area contributed by atoms with Crippen molar-refractivity contribution in [3.63, 3.8) is 0 Å². The molecule has 2 aromatic rings. The first kappa shape index (κ1) is 23.3. The summed E-state index contributed by atoms with van der Waals surface area (Å²) in [5, 5.41) is 0. The van der Waals surface area contributed by atoms with Gasteiger partial charge in [0.1, 0.15) is 0 Å². The monoisotopic (exact) mass is 434 g/mol. The second-order valence-corrected chi connectivity index (χ2v) is 10.2. The van der Waals surface area contributed by atoms with Gasteiger partial charge in [-0.1, -0.05) is 112 Å². The Labute approximate surface area is 201 Å². The van der Waals surface area contributed by atoms with Gasteiger partial charge in [-0.2, -0.15) is 0 Å². The second-order valence-electron chi connectivity index (χ2n) is 10.2. The Kier molecular flexibility index (Phi) is 6.75. The van der Waals surface area contributed by atoms with Gasteiger partial charge in [0.05, 0.1) is 0 Å². The molecule has 0 nitrogen and oxygen atoms in total. The minimum Gasteiger partial charge on any atom is -0.0955 e. The van der Waals surface area contributed by atoms with Crippen LogP contribution in [-0.4, -0.2) is 0 Å². The summed E-state index contributed by atoms with van der Waals surface area (Å²) in [5.41, 5.74) is 13.7. The van der Waals surface area contributed by atoms with E-state index in [9.17, 15) is 0 Å². The minimum absolute atomic E-state index is 0.298. The van der Waals surface area contributed by atoms with E-state index in [2.05, 4.69) is 108 Å². The van der Waals surface area contributed by atoms with Crippen molar-refractivity contribution in [1.82, 2.24) is 0 Å². The van der Waals surface area contributed by atoms with Crippen LogP contribution < -0.4 is 0 Å². The van der Waals surface area contributed by atoms with Crippen molar-refractivity contribution in [3.05, 3.63) is 123 Å². The van der Waals surface area contributed by atoms with Crippen LogP contribution in [0.2, 0.25) is 0 Å². The molecule has 2 aliphatic carbocycles. The molecule has 0 aromatic heterocycles. The molecule has 2 unspecified atom stereocenters. The number of benzene rings is 2. The highest BCUT2D eigenvalue weighted by molar-refractivity contribution is 5.68. The number of aryl methyl sites for hydroxylation is 1. The molecule has 0 bridgehead atoms. The Morgan fingerprint density at radius 1 is 1.03 bits per heavy atom. The lowest BCUT2D eigenvalue weighted by Gasteiger charge is -2.35. The third-order valence-corrected chi connectivity index (χ3v) is 7.45. The quantitative estimate of drug-likeness (QED) is 0.424. The molecule has 1 saturated carbocycles. The van der Waals surface area contributed by atoms with Crippen molar-refractivity contribution in [2.75, 3.05) is 0 Å². The van der Waals surface area contributed by atoms with E-state index in [0.29, 0.717) is 17.8 Å². The Bertz CT molecular complexity index is 1160. The number of hydrogen-bond acceptors (Lipinski definition) is 0. The zero-order valence-corrected chi connectivity index (χ0v) is 21.0. The number of rotatable bonds is 6. The van der Waals surface area contributed by atoms with Crippen LogP contribution in [0.1, 0.15) is 81.0 Å². The van der Waals surface area contributed by atoms with Crippen LogP contribution in [0.25, 0.3) is 6.08 Å². The summed E-state index contributed by atoms with van der Waals surface area (Å²) in [6.45, 7) is 20.5. The van der Waals surface area contributed by atoms with Gasteiger partial charge in [-0.25, -0.2) is 0 Å². The summed E-state index contributed by atoms with van der Waals surface area (Å²) >= 11 is 0. The Morgan fingerprint density at radius 3 is 2.36 bits per heavy atom. The molecule has 170 valence electrons. The van der Waals surface area contributed by atoms with Crippen molar-refractivity contribution < 1.29 is 0 Å². The van der Waals surface area contributed by atoms with Crippen LogP contribution in [0.15, 0.2) is 101 Å². The summed E-state index contributed by atoms with van der Waals surface area (Å²) in [5.74, 6) is 1.17. The SMILES string of the molecule is C=C(CCC)C1=C(C)C=C2CC(=Cc3ccc(C(C)C)cc3)C(=C)C2C1c1ccccc1C. The normalized spacial score (nSPS) is 21.6. The molecule has 0 amide bonds. The molecule has 0 heterocycles. The van der Waals surface area contributed by atoms with Crippen LogP contribution in [0.3, 0.4) is 0 Å². The van der Waals surface area contributed by atoms with E-state index in [4.69, 9.17) is 0 Å². The Balaban J connectivity index is 1.77. The first-order chi connectivity index (χ1) is 15.8. The molecule has 4 rings (SSSR count). The van der Waals surface area contributed by atoms with Gasteiger partial charge in [0.2, 0.25) is 0 Å². The van der Waals surface area contributed by atoms with Crippen LogP contribution in [0.5, 0.6) is 0 Å². The largest absolute Gasteiger partial charge is 0.0955 e.